The van der Waals surface area contributed by atoms with E-state index in [1.807, 2.05) is 19.9 Å². The van der Waals surface area contributed by atoms with E-state index in [4.69, 9.17) is 4.74 Å². The van der Waals surface area contributed by atoms with Crippen LogP contribution in [0.4, 0.5) is 0 Å². The Bertz CT molecular complexity index is 689. The van der Waals surface area contributed by atoms with E-state index in [1.165, 1.54) is 24.3 Å². The minimum Gasteiger partial charge on any atom is -0.508 e. The molecule has 0 aliphatic carbocycles. The largest absolute Gasteiger partial charge is 0.508 e. The Balaban J connectivity index is 2.00. The summed E-state index contributed by atoms with van der Waals surface area (Å²) in [5, 5.41) is 9.30. The van der Waals surface area contributed by atoms with E-state index in [0.717, 1.165) is 11.1 Å². The fourth-order valence-corrected chi connectivity index (χ4v) is 1.85. The van der Waals surface area contributed by atoms with E-state index in [0.29, 0.717) is 5.56 Å². The number of ketones is 1. The summed E-state index contributed by atoms with van der Waals surface area (Å²) in [5.74, 6) is -0.917. The van der Waals surface area contributed by atoms with Gasteiger partial charge in [-0.3, -0.25) is 4.79 Å². The molecule has 0 fully saturated rings. The molecule has 0 spiro atoms. The average Bonchev–Trinajstić information content (AvgIpc) is 2.47. The predicted molar refractivity (Wildman–Crippen MR) is 78.6 cm³/mol. The lowest BCUT2D eigenvalue weighted by molar-refractivity contribution is 0.0474. The quantitative estimate of drug-likeness (QED) is 0.692. The minimum absolute atomic E-state index is 0.0232. The van der Waals surface area contributed by atoms with Crippen molar-refractivity contribution in [2.75, 3.05) is 6.61 Å². The second-order valence-corrected chi connectivity index (χ2v) is 4.85. The van der Waals surface area contributed by atoms with Crippen LogP contribution in [0.3, 0.4) is 0 Å². The number of ether oxygens (including phenoxy) is 1. The Labute approximate surface area is 123 Å². The van der Waals surface area contributed by atoms with Crippen LogP contribution in [0.15, 0.2) is 42.5 Å². The van der Waals surface area contributed by atoms with Crippen LogP contribution in [0.2, 0.25) is 0 Å². The van der Waals surface area contributed by atoms with Gasteiger partial charge in [0.25, 0.3) is 0 Å². The molecule has 0 saturated carbocycles. The Hall–Kier alpha value is -2.62. The zero-order valence-electron chi connectivity index (χ0n) is 11.9. The number of carbonyl (C=O) groups is 2. The summed E-state index contributed by atoms with van der Waals surface area (Å²) < 4.78 is 4.97. The van der Waals surface area contributed by atoms with Crippen molar-refractivity contribution in [1.82, 2.24) is 0 Å². The molecule has 0 heterocycles. The first kappa shape index (κ1) is 14.8. The maximum atomic E-state index is 12.0. The summed E-state index contributed by atoms with van der Waals surface area (Å²) in [6.45, 7) is 3.56. The molecule has 2 rings (SSSR count). The van der Waals surface area contributed by atoms with E-state index < -0.39 is 5.97 Å². The first-order valence-corrected chi connectivity index (χ1v) is 6.54. The first-order valence-electron chi connectivity index (χ1n) is 6.54. The molecule has 0 bridgehead atoms. The summed E-state index contributed by atoms with van der Waals surface area (Å²) in [7, 11) is 0. The molecule has 0 saturated heterocycles. The molecule has 0 radical (unpaired) electrons. The van der Waals surface area contributed by atoms with Gasteiger partial charge in [-0.2, -0.15) is 0 Å². The number of rotatable bonds is 4. The van der Waals surface area contributed by atoms with Crippen LogP contribution in [-0.4, -0.2) is 23.5 Å². The molecule has 0 amide bonds. The van der Waals surface area contributed by atoms with E-state index in [-0.39, 0.29) is 23.7 Å². The second kappa shape index (κ2) is 6.22. The van der Waals surface area contributed by atoms with E-state index >= 15 is 0 Å². The summed E-state index contributed by atoms with van der Waals surface area (Å²) in [6.07, 6.45) is 0. The van der Waals surface area contributed by atoms with Crippen LogP contribution >= 0.6 is 0 Å². The van der Waals surface area contributed by atoms with Crippen molar-refractivity contribution < 1.29 is 19.4 Å². The lowest BCUT2D eigenvalue weighted by atomic mass is 10.0. The van der Waals surface area contributed by atoms with Crippen LogP contribution in [0.5, 0.6) is 5.75 Å². The molecule has 2 aromatic rings. The molecule has 108 valence electrons. The molecule has 0 unspecified atom stereocenters. The number of aromatic hydroxyl groups is 1. The van der Waals surface area contributed by atoms with Crippen LogP contribution in [-0.2, 0) is 4.74 Å². The maximum Gasteiger partial charge on any atom is 0.338 e. The molecule has 2 aromatic carbocycles. The third-order valence-electron chi connectivity index (χ3n) is 3.25. The number of esters is 1. The Morgan fingerprint density at radius 3 is 2.43 bits per heavy atom. The number of hydrogen-bond acceptors (Lipinski definition) is 4. The number of Topliss-reactive ketones (excluding diaryl/α,β-unsaturated/α-hetero) is 1. The van der Waals surface area contributed by atoms with Gasteiger partial charge >= 0.3 is 5.97 Å². The second-order valence-electron chi connectivity index (χ2n) is 4.85. The fraction of sp³-hybridized carbons (Fsp3) is 0.176. The maximum absolute atomic E-state index is 12.0. The number of phenols is 1. The average molecular weight is 284 g/mol. The van der Waals surface area contributed by atoms with Crippen molar-refractivity contribution in [1.29, 1.82) is 0 Å². The molecule has 1 N–H and O–H groups in total. The van der Waals surface area contributed by atoms with Crippen molar-refractivity contribution in [2.24, 2.45) is 0 Å². The Kier molecular flexibility index (Phi) is 4.38. The van der Waals surface area contributed by atoms with Crippen molar-refractivity contribution in [2.45, 2.75) is 13.8 Å². The topological polar surface area (TPSA) is 63.6 Å². The monoisotopic (exact) mass is 284 g/mol. The SMILES string of the molecule is Cc1ccc(C(=O)COC(=O)c2cccc(O)c2)cc1C. The van der Waals surface area contributed by atoms with Gasteiger partial charge in [-0.25, -0.2) is 4.79 Å². The lowest BCUT2D eigenvalue weighted by Gasteiger charge is -2.06. The van der Waals surface area contributed by atoms with Gasteiger partial charge in [0.05, 0.1) is 5.56 Å². The standard InChI is InChI=1S/C17H16O4/c1-11-6-7-13(8-12(11)2)16(19)10-21-17(20)14-4-3-5-15(18)9-14/h3-9,18H,10H2,1-2H3. The van der Waals surface area contributed by atoms with Gasteiger partial charge in [0.2, 0.25) is 0 Å². The van der Waals surface area contributed by atoms with Gasteiger partial charge in [0.15, 0.2) is 12.4 Å². The molecule has 0 aliphatic heterocycles. The predicted octanol–water partition coefficient (Wildman–Crippen LogP) is 3.05. The first-order chi connectivity index (χ1) is 9.97. The Morgan fingerprint density at radius 1 is 1.00 bits per heavy atom. The van der Waals surface area contributed by atoms with Gasteiger partial charge in [-0.15, -0.1) is 0 Å². The van der Waals surface area contributed by atoms with Gasteiger partial charge in [-0.05, 0) is 49.2 Å². The highest BCUT2D eigenvalue weighted by molar-refractivity contribution is 5.99. The number of hydrogen-bond donors (Lipinski definition) is 1. The van der Waals surface area contributed by atoms with Gasteiger partial charge in [-0.1, -0.05) is 18.2 Å². The lowest BCUT2D eigenvalue weighted by Crippen LogP contribution is -2.14. The van der Waals surface area contributed by atoms with Crippen LogP contribution in [0.25, 0.3) is 0 Å². The van der Waals surface area contributed by atoms with Crippen molar-refractivity contribution in [3.63, 3.8) is 0 Å². The summed E-state index contributed by atoms with van der Waals surface area (Å²) >= 11 is 0. The van der Waals surface area contributed by atoms with E-state index in [2.05, 4.69) is 0 Å². The summed E-state index contributed by atoms with van der Waals surface area (Å²) in [6, 6.07) is 11.2. The van der Waals surface area contributed by atoms with Crippen LogP contribution < -0.4 is 0 Å². The fourth-order valence-electron chi connectivity index (χ4n) is 1.85. The smallest absolute Gasteiger partial charge is 0.338 e. The van der Waals surface area contributed by atoms with E-state index in [9.17, 15) is 14.7 Å². The minimum atomic E-state index is -0.636. The highest BCUT2D eigenvalue weighted by Gasteiger charge is 2.12. The number of benzene rings is 2. The van der Waals surface area contributed by atoms with Crippen molar-refractivity contribution in [3.8, 4) is 5.75 Å². The summed E-state index contributed by atoms with van der Waals surface area (Å²) in [4.78, 5) is 23.8. The van der Waals surface area contributed by atoms with Crippen LogP contribution in [0, 0.1) is 13.8 Å². The van der Waals surface area contributed by atoms with Gasteiger partial charge < -0.3 is 9.84 Å². The molecule has 21 heavy (non-hydrogen) atoms. The van der Waals surface area contributed by atoms with E-state index in [1.54, 1.807) is 12.1 Å². The third-order valence-corrected chi connectivity index (χ3v) is 3.25. The number of carbonyl (C=O) groups excluding carboxylic acids is 2. The zero-order chi connectivity index (χ0) is 15.4. The molecular formula is C17H16O4. The molecule has 0 aromatic heterocycles. The van der Waals surface area contributed by atoms with Crippen molar-refractivity contribution >= 4 is 11.8 Å². The third kappa shape index (κ3) is 3.69. The highest BCUT2D eigenvalue weighted by atomic mass is 16.5. The van der Waals surface area contributed by atoms with Crippen LogP contribution in [0.1, 0.15) is 31.8 Å². The molecule has 4 nitrogen and oxygen atoms in total. The van der Waals surface area contributed by atoms with Gasteiger partial charge in [0.1, 0.15) is 5.75 Å². The zero-order valence-corrected chi connectivity index (χ0v) is 11.9. The molecule has 0 atom stereocenters. The summed E-state index contributed by atoms with van der Waals surface area (Å²) in [5.41, 5.74) is 2.84. The highest BCUT2D eigenvalue weighted by Crippen LogP contribution is 2.13. The molecule has 4 heteroatoms. The normalized spacial score (nSPS) is 10.2. The number of aryl methyl sites for hydroxylation is 2. The molecular weight excluding hydrogens is 268 g/mol. The van der Waals surface area contributed by atoms with Gasteiger partial charge in [0, 0.05) is 5.56 Å². The van der Waals surface area contributed by atoms with Crippen molar-refractivity contribution in [3.05, 3.63) is 64.7 Å². The number of phenolic OH excluding ortho intramolecular Hbond substituents is 1. The Morgan fingerprint density at radius 2 is 1.76 bits per heavy atom. The molecule has 0 aliphatic rings.